The number of alkyl halides is 3. The van der Waals surface area contributed by atoms with Gasteiger partial charge in [-0.3, -0.25) is 4.79 Å². The number of nitriles is 1. The summed E-state index contributed by atoms with van der Waals surface area (Å²) < 4.78 is 43.2. The summed E-state index contributed by atoms with van der Waals surface area (Å²) in [5.74, 6) is -0.801. The van der Waals surface area contributed by atoms with Gasteiger partial charge in [-0.2, -0.15) is 18.4 Å². The number of carbonyl (C=O) groups is 1. The number of halogens is 3. The number of methoxy groups -OCH3 is 1. The topological polar surface area (TPSA) is 82.3 Å². The molecule has 0 aliphatic rings. The van der Waals surface area contributed by atoms with E-state index in [1.807, 2.05) is 0 Å². The summed E-state index contributed by atoms with van der Waals surface area (Å²) in [4.78, 5) is 11.9. The Morgan fingerprint density at radius 1 is 1.48 bits per heavy atom. The molecule has 1 atom stereocenters. The molecule has 0 bridgehead atoms. The maximum Gasteiger partial charge on any atom is 0.417 e. The number of benzene rings is 1. The van der Waals surface area contributed by atoms with E-state index in [-0.39, 0.29) is 5.69 Å². The summed E-state index contributed by atoms with van der Waals surface area (Å²) in [6.45, 7) is 0.647. The van der Waals surface area contributed by atoms with Crippen LogP contribution in [-0.2, 0) is 15.7 Å². The molecule has 8 heteroatoms. The highest BCUT2D eigenvalue weighted by atomic mass is 19.4. The zero-order chi connectivity index (χ0) is 16.3. The number of aliphatic hydroxyl groups excluding tert-OH is 1. The van der Waals surface area contributed by atoms with Crippen LogP contribution in [0.4, 0.5) is 18.9 Å². The lowest BCUT2D eigenvalue weighted by atomic mass is 10.0. The number of amides is 1. The molecule has 0 aliphatic carbocycles. The Labute approximate surface area is 118 Å². The lowest BCUT2D eigenvalue weighted by Crippen LogP contribution is -2.45. The van der Waals surface area contributed by atoms with Crippen LogP contribution in [0, 0.1) is 11.3 Å². The molecule has 0 saturated heterocycles. The fourth-order valence-corrected chi connectivity index (χ4v) is 1.45. The second-order valence-electron chi connectivity index (χ2n) is 4.42. The Morgan fingerprint density at radius 2 is 2.10 bits per heavy atom. The van der Waals surface area contributed by atoms with E-state index in [9.17, 15) is 18.0 Å². The van der Waals surface area contributed by atoms with Crippen molar-refractivity contribution in [1.82, 2.24) is 0 Å². The van der Waals surface area contributed by atoms with E-state index in [0.717, 1.165) is 6.07 Å². The summed E-state index contributed by atoms with van der Waals surface area (Å²) >= 11 is 0. The molecular weight excluding hydrogens is 289 g/mol. The highest BCUT2D eigenvalue weighted by Gasteiger charge is 2.35. The minimum absolute atomic E-state index is 0.150. The standard InChI is InChI=1S/C13H13F3N2O3/c1-12(7-19,21-2)11(20)18-9-4-3-8(6-17)10(5-9)13(14,15)16/h3-5,19H,7H2,1-2H3,(H,18,20). The average Bonchev–Trinajstić information content (AvgIpc) is 2.45. The third-order valence-electron chi connectivity index (χ3n) is 2.94. The molecule has 0 aromatic heterocycles. The first-order valence-electron chi connectivity index (χ1n) is 5.76. The van der Waals surface area contributed by atoms with Gasteiger partial charge in [-0.1, -0.05) is 0 Å². The molecule has 1 rings (SSSR count). The quantitative estimate of drug-likeness (QED) is 0.890. The third-order valence-corrected chi connectivity index (χ3v) is 2.94. The van der Waals surface area contributed by atoms with Crippen molar-refractivity contribution < 1.29 is 27.8 Å². The van der Waals surface area contributed by atoms with Crippen molar-refractivity contribution in [3.05, 3.63) is 29.3 Å². The van der Waals surface area contributed by atoms with Crippen molar-refractivity contribution in [2.45, 2.75) is 18.7 Å². The summed E-state index contributed by atoms with van der Waals surface area (Å²) in [7, 11) is 1.19. The lowest BCUT2D eigenvalue weighted by Gasteiger charge is -2.24. The van der Waals surface area contributed by atoms with Crippen molar-refractivity contribution in [2.75, 3.05) is 19.0 Å². The van der Waals surface area contributed by atoms with Gasteiger partial charge in [0.25, 0.3) is 5.91 Å². The van der Waals surface area contributed by atoms with E-state index in [4.69, 9.17) is 15.1 Å². The molecule has 1 aromatic carbocycles. The first-order valence-corrected chi connectivity index (χ1v) is 5.76. The maximum absolute atomic E-state index is 12.8. The van der Waals surface area contributed by atoms with Gasteiger partial charge in [-0.05, 0) is 25.1 Å². The van der Waals surface area contributed by atoms with Crippen LogP contribution in [-0.4, -0.2) is 30.3 Å². The van der Waals surface area contributed by atoms with Crippen molar-refractivity contribution in [3.8, 4) is 6.07 Å². The fraction of sp³-hybridized carbons (Fsp3) is 0.385. The normalized spacial score (nSPS) is 14.1. The molecule has 5 nitrogen and oxygen atoms in total. The van der Waals surface area contributed by atoms with Gasteiger partial charge in [0.05, 0.1) is 23.8 Å². The second kappa shape index (κ2) is 6.11. The fourth-order valence-electron chi connectivity index (χ4n) is 1.45. The summed E-state index contributed by atoms with van der Waals surface area (Å²) in [6, 6.07) is 4.22. The van der Waals surface area contributed by atoms with Crippen LogP contribution in [0.15, 0.2) is 18.2 Å². The van der Waals surface area contributed by atoms with Crippen LogP contribution >= 0.6 is 0 Å². The maximum atomic E-state index is 12.8. The number of hydrogen-bond donors (Lipinski definition) is 2. The van der Waals surface area contributed by atoms with Crippen LogP contribution in [0.2, 0.25) is 0 Å². The van der Waals surface area contributed by atoms with Crippen molar-refractivity contribution in [3.63, 3.8) is 0 Å². The zero-order valence-electron chi connectivity index (χ0n) is 11.3. The Morgan fingerprint density at radius 3 is 2.52 bits per heavy atom. The van der Waals surface area contributed by atoms with Gasteiger partial charge in [0.2, 0.25) is 0 Å². The van der Waals surface area contributed by atoms with Crippen LogP contribution < -0.4 is 5.32 Å². The Hall–Kier alpha value is -2.11. The molecule has 1 aromatic rings. The monoisotopic (exact) mass is 302 g/mol. The highest BCUT2D eigenvalue weighted by molar-refractivity contribution is 5.97. The van der Waals surface area contributed by atoms with Gasteiger partial charge in [0, 0.05) is 12.8 Å². The number of carbonyl (C=O) groups excluding carboxylic acids is 1. The molecule has 0 fully saturated rings. The summed E-state index contributed by atoms with van der Waals surface area (Å²) in [6.07, 6.45) is -4.71. The van der Waals surface area contributed by atoms with E-state index < -0.39 is 35.4 Å². The Bertz CT molecular complexity index is 575. The van der Waals surface area contributed by atoms with Gasteiger partial charge in [0.15, 0.2) is 5.60 Å². The van der Waals surface area contributed by atoms with Gasteiger partial charge in [0.1, 0.15) is 0 Å². The zero-order valence-corrected chi connectivity index (χ0v) is 11.3. The molecule has 0 radical (unpaired) electrons. The predicted octanol–water partition coefficient (Wildman–Crippen LogP) is 1.91. The first-order chi connectivity index (χ1) is 9.67. The molecule has 0 heterocycles. The first kappa shape index (κ1) is 16.9. The largest absolute Gasteiger partial charge is 0.417 e. The second-order valence-corrected chi connectivity index (χ2v) is 4.42. The molecule has 1 amide bonds. The van der Waals surface area contributed by atoms with E-state index in [1.54, 1.807) is 0 Å². The van der Waals surface area contributed by atoms with Crippen LogP contribution in [0.3, 0.4) is 0 Å². The molecule has 0 saturated carbocycles. The summed E-state index contributed by atoms with van der Waals surface area (Å²) in [5, 5.41) is 20.0. The number of aliphatic hydroxyl groups is 1. The van der Waals surface area contributed by atoms with E-state index in [1.165, 1.54) is 26.2 Å². The molecule has 0 aliphatic heterocycles. The minimum atomic E-state index is -4.71. The van der Waals surface area contributed by atoms with Gasteiger partial charge >= 0.3 is 6.18 Å². The van der Waals surface area contributed by atoms with E-state index in [0.29, 0.717) is 6.07 Å². The van der Waals surface area contributed by atoms with Crippen LogP contribution in [0.5, 0.6) is 0 Å². The molecule has 21 heavy (non-hydrogen) atoms. The number of nitrogens with zero attached hydrogens (tertiary/aromatic N) is 1. The van der Waals surface area contributed by atoms with E-state index in [2.05, 4.69) is 5.32 Å². The molecule has 1 unspecified atom stereocenters. The number of nitrogens with one attached hydrogen (secondary N) is 1. The predicted molar refractivity (Wildman–Crippen MR) is 67.3 cm³/mol. The molecule has 2 N–H and O–H groups in total. The number of hydrogen-bond acceptors (Lipinski definition) is 4. The molecule has 114 valence electrons. The number of anilines is 1. The van der Waals surface area contributed by atoms with Gasteiger partial charge < -0.3 is 15.2 Å². The van der Waals surface area contributed by atoms with Gasteiger partial charge in [-0.15, -0.1) is 0 Å². The van der Waals surface area contributed by atoms with E-state index >= 15 is 0 Å². The number of ether oxygens (including phenoxy) is 1. The smallest absolute Gasteiger partial charge is 0.393 e. The lowest BCUT2D eigenvalue weighted by molar-refractivity contribution is -0.140. The van der Waals surface area contributed by atoms with Crippen LogP contribution in [0.1, 0.15) is 18.1 Å². The van der Waals surface area contributed by atoms with Crippen LogP contribution in [0.25, 0.3) is 0 Å². The van der Waals surface area contributed by atoms with Crippen molar-refractivity contribution in [1.29, 1.82) is 5.26 Å². The van der Waals surface area contributed by atoms with Gasteiger partial charge in [-0.25, -0.2) is 0 Å². The highest BCUT2D eigenvalue weighted by Crippen LogP contribution is 2.33. The van der Waals surface area contributed by atoms with Crippen molar-refractivity contribution >= 4 is 11.6 Å². The minimum Gasteiger partial charge on any atom is -0.393 e. The molecule has 0 spiro atoms. The summed E-state index contributed by atoms with van der Waals surface area (Å²) in [5.41, 5.74) is -3.42. The number of rotatable bonds is 4. The Kier molecular flexibility index (Phi) is 4.93. The Balaban J connectivity index is 3.12. The molecular formula is C13H13F3N2O3. The van der Waals surface area contributed by atoms with Crippen molar-refractivity contribution in [2.24, 2.45) is 0 Å². The SMILES string of the molecule is COC(C)(CO)C(=O)Nc1ccc(C#N)c(C(F)(F)F)c1. The third kappa shape index (κ3) is 3.71. The average molecular weight is 302 g/mol.